The van der Waals surface area contributed by atoms with Crippen molar-refractivity contribution in [3.05, 3.63) is 55.9 Å². The number of likely N-dealkylation sites (N-methyl/N-ethyl adjacent to an activating group) is 1. The minimum absolute atomic E-state index is 0.0539. The van der Waals surface area contributed by atoms with E-state index in [0.717, 1.165) is 9.21 Å². The van der Waals surface area contributed by atoms with Crippen molar-refractivity contribution in [2.45, 2.75) is 12.5 Å². The monoisotopic (exact) mass is 303 g/mol. The first-order valence-corrected chi connectivity index (χ1v) is 7.04. The normalized spacial score (nSPS) is 12.7. The van der Waals surface area contributed by atoms with Crippen LogP contribution in [0.4, 0.5) is 4.39 Å². The van der Waals surface area contributed by atoms with Crippen LogP contribution in [0.3, 0.4) is 0 Å². The molecule has 1 nitrogen and oxygen atoms in total. The molecule has 0 saturated heterocycles. The maximum atomic E-state index is 13.7. The minimum atomic E-state index is -0.273. The molecular formula is C13H12Cl2FNS. The largest absolute Gasteiger partial charge is 0.312 e. The molecule has 0 saturated carbocycles. The summed E-state index contributed by atoms with van der Waals surface area (Å²) in [7, 11) is 1.85. The molecule has 1 aromatic carbocycles. The van der Waals surface area contributed by atoms with Crippen molar-refractivity contribution in [3.8, 4) is 0 Å². The molecule has 0 aliphatic carbocycles. The number of hydrogen-bond donors (Lipinski definition) is 1. The lowest BCUT2D eigenvalue weighted by Gasteiger charge is -2.15. The lowest BCUT2D eigenvalue weighted by Crippen LogP contribution is -2.18. The fourth-order valence-corrected chi connectivity index (χ4v) is 3.10. The summed E-state index contributed by atoms with van der Waals surface area (Å²) in [6.07, 6.45) is 0.566. The van der Waals surface area contributed by atoms with E-state index in [0.29, 0.717) is 17.0 Å². The van der Waals surface area contributed by atoms with E-state index < -0.39 is 0 Å². The lowest BCUT2D eigenvalue weighted by molar-refractivity contribution is 0.560. The number of hydrogen-bond acceptors (Lipinski definition) is 2. The molecule has 96 valence electrons. The average Bonchev–Trinajstić information content (AvgIpc) is 2.75. The van der Waals surface area contributed by atoms with Crippen LogP contribution in [0.2, 0.25) is 9.36 Å². The second kappa shape index (κ2) is 6.02. The lowest BCUT2D eigenvalue weighted by atomic mass is 10.0. The van der Waals surface area contributed by atoms with E-state index in [-0.39, 0.29) is 11.9 Å². The van der Waals surface area contributed by atoms with Gasteiger partial charge >= 0.3 is 0 Å². The average molecular weight is 304 g/mol. The van der Waals surface area contributed by atoms with Crippen molar-refractivity contribution in [2.75, 3.05) is 7.05 Å². The van der Waals surface area contributed by atoms with E-state index in [1.54, 1.807) is 12.1 Å². The molecule has 2 rings (SSSR count). The van der Waals surface area contributed by atoms with Gasteiger partial charge < -0.3 is 5.32 Å². The number of nitrogens with one attached hydrogen (secondary N) is 1. The third-order valence-electron chi connectivity index (χ3n) is 2.73. The van der Waals surface area contributed by atoms with Crippen LogP contribution in [0.25, 0.3) is 0 Å². The third kappa shape index (κ3) is 3.23. The van der Waals surface area contributed by atoms with Crippen molar-refractivity contribution in [3.63, 3.8) is 0 Å². The van der Waals surface area contributed by atoms with Gasteiger partial charge in [0.25, 0.3) is 0 Å². The van der Waals surface area contributed by atoms with Crippen molar-refractivity contribution in [1.82, 2.24) is 5.32 Å². The molecule has 2 aromatic rings. The summed E-state index contributed by atoms with van der Waals surface area (Å²) in [5.41, 5.74) is 0.642. The number of benzene rings is 1. The highest BCUT2D eigenvalue weighted by Crippen LogP contribution is 2.29. The Labute approximate surface area is 120 Å². The summed E-state index contributed by atoms with van der Waals surface area (Å²) in [5.74, 6) is -0.273. The summed E-state index contributed by atoms with van der Waals surface area (Å²) in [6.45, 7) is 0. The third-order valence-corrected chi connectivity index (χ3v) is 4.30. The van der Waals surface area contributed by atoms with Crippen LogP contribution in [0.1, 0.15) is 16.5 Å². The van der Waals surface area contributed by atoms with E-state index >= 15 is 0 Å². The van der Waals surface area contributed by atoms with E-state index in [9.17, 15) is 4.39 Å². The Morgan fingerprint density at radius 3 is 2.61 bits per heavy atom. The summed E-state index contributed by atoms with van der Waals surface area (Å²) in [5, 5.41) is 3.59. The molecule has 0 fully saturated rings. The van der Waals surface area contributed by atoms with Crippen LogP contribution in [0, 0.1) is 5.82 Å². The summed E-state index contributed by atoms with van der Waals surface area (Å²) in [4.78, 5) is 1.09. The minimum Gasteiger partial charge on any atom is -0.312 e. The topological polar surface area (TPSA) is 12.0 Å². The van der Waals surface area contributed by atoms with Gasteiger partial charge in [-0.1, -0.05) is 29.3 Å². The van der Waals surface area contributed by atoms with Crippen molar-refractivity contribution in [1.29, 1.82) is 0 Å². The molecule has 1 atom stereocenters. The summed E-state index contributed by atoms with van der Waals surface area (Å²) < 4.78 is 14.5. The standard InChI is InChI=1S/C13H12Cl2FNS/c1-17-11(12-4-5-13(15)18-12)6-8-2-3-9(14)7-10(8)16/h2-5,7,11,17H,6H2,1H3. The Morgan fingerprint density at radius 2 is 2.06 bits per heavy atom. The Bertz CT molecular complexity index is 542. The molecule has 18 heavy (non-hydrogen) atoms. The Morgan fingerprint density at radius 1 is 1.28 bits per heavy atom. The Kier molecular flexibility index (Phi) is 4.62. The van der Waals surface area contributed by atoms with Crippen LogP contribution in [-0.2, 0) is 6.42 Å². The number of thiophene rings is 1. The first-order chi connectivity index (χ1) is 8.60. The van der Waals surface area contributed by atoms with Crippen LogP contribution < -0.4 is 5.32 Å². The van der Waals surface area contributed by atoms with Gasteiger partial charge in [-0.05, 0) is 43.3 Å². The molecule has 0 amide bonds. The van der Waals surface area contributed by atoms with Gasteiger partial charge in [-0.15, -0.1) is 11.3 Å². The molecule has 0 aliphatic heterocycles. The summed E-state index contributed by atoms with van der Waals surface area (Å²) >= 11 is 13.2. The van der Waals surface area contributed by atoms with Gasteiger partial charge in [0.05, 0.1) is 4.34 Å². The van der Waals surface area contributed by atoms with Gasteiger partial charge in [0.1, 0.15) is 5.82 Å². The highest BCUT2D eigenvalue weighted by Gasteiger charge is 2.14. The highest BCUT2D eigenvalue weighted by molar-refractivity contribution is 7.16. The second-order valence-corrected chi connectivity index (χ2v) is 6.11. The predicted molar refractivity (Wildman–Crippen MR) is 76.2 cm³/mol. The van der Waals surface area contributed by atoms with E-state index in [1.807, 2.05) is 19.2 Å². The molecule has 0 bridgehead atoms. The van der Waals surface area contributed by atoms with E-state index in [4.69, 9.17) is 23.2 Å². The fourth-order valence-electron chi connectivity index (χ4n) is 1.77. The van der Waals surface area contributed by atoms with Crippen LogP contribution in [-0.4, -0.2) is 7.05 Å². The SMILES string of the molecule is CNC(Cc1ccc(Cl)cc1F)c1ccc(Cl)s1. The quantitative estimate of drug-likeness (QED) is 0.863. The number of rotatable bonds is 4. The van der Waals surface area contributed by atoms with Gasteiger partial charge in [-0.3, -0.25) is 0 Å². The molecule has 1 aromatic heterocycles. The predicted octanol–water partition coefficient (Wildman–Crippen LogP) is 4.70. The first-order valence-electron chi connectivity index (χ1n) is 5.46. The smallest absolute Gasteiger partial charge is 0.127 e. The maximum absolute atomic E-state index is 13.7. The Hall–Kier alpha value is -0.610. The van der Waals surface area contributed by atoms with E-state index in [1.165, 1.54) is 17.4 Å². The number of halogens is 3. The molecular weight excluding hydrogens is 292 g/mol. The van der Waals surface area contributed by atoms with Crippen LogP contribution in [0.15, 0.2) is 30.3 Å². The molecule has 0 spiro atoms. The summed E-state index contributed by atoms with van der Waals surface area (Å²) in [6, 6.07) is 8.63. The van der Waals surface area contributed by atoms with Crippen molar-refractivity contribution < 1.29 is 4.39 Å². The van der Waals surface area contributed by atoms with Gasteiger partial charge in [-0.25, -0.2) is 4.39 Å². The maximum Gasteiger partial charge on any atom is 0.127 e. The zero-order valence-corrected chi connectivity index (χ0v) is 12.0. The zero-order valence-electron chi connectivity index (χ0n) is 9.71. The van der Waals surface area contributed by atoms with Gasteiger partial charge in [0, 0.05) is 15.9 Å². The molecule has 0 radical (unpaired) electrons. The van der Waals surface area contributed by atoms with Crippen LogP contribution in [0.5, 0.6) is 0 Å². The zero-order chi connectivity index (χ0) is 13.1. The second-order valence-electron chi connectivity index (χ2n) is 3.92. The van der Waals surface area contributed by atoms with Crippen LogP contribution >= 0.6 is 34.5 Å². The molecule has 1 unspecified atom stereocenters. The molecule has 5 heteroatoms. The molecule has 0 aliphatic rings. The molecule has 1 heterocycles. The van der Waals surface area contributed by atoms with Crippen molar-refractivity contribution >= 4 is 34.5 Å². The fraction of sp³-hybridized carbons (Fsp3) is 0.231. The highest BCUT2D eigenvalue weighted by atomic mass is 35.5. The van der Waals surface area contributed by atoms with Crippen molar-refractivity contribution in [2.24, 2.45) is 0 Å². The van der Waals surface area contributed by atoms with Gasteiger partial charge in [0.15, 0.2) is 0 Å². The molecule has 1 N–H and O–H groups in total. The van der Waals surface area contributed by atoms with Gasteiger partial charge in [-0.2, -0.15) is 0 Å². The van der Waals surface area contributed by atoms with E-state index in [2.05, 4.69) is 5.32 Å². The Balaban J connectivity index is 2.20. The van der Waals surface area contributed by atoms with Gasteiger partial charge in [0.2, 0.25) is 0 Å². The first kappa shape index (κ1) is 13.8.